The fourth-order valence-electron chi connectivity index (χ4n) is 1.16. The molecule has 1 amide bonds. The summed E-state index contributed by atoms with van der Waals surface area (Å²) in [7, 11) is 0. The molecule has 68 valence electrons. The van der Waals surface area contributed by atoms with Crippen LogP contribution < -0.4 is 11.5 Å². The van der Waals surface area contributed by atoms with Crippen molar-refractivity contribution in [2.45, 2.75) is 6.42 Å². The maximum Gasteiger partial charge on any atom is 0.250 e. The Hall–Kier alpha value is -1.77. The molecule has 0 aromatic heterocycles. The molecule has 4 N–H and O–H groups in total. The van der Waals surface area contributed by atoms with Gasteiger partial charge in [0.15, 0.2) is 0 Å². The molecule has 0 saturated carbocycles. The minimum absolute atomic E-state index is 0.374. The van der Waals surface area contributed by atoms with E-state index in [0.717, 1.165) is 5.56 Å². The normalized spacial score (nSPS) is 9.54. The van der Waals surface area contributed by atoms with Crippen molar-refractivity contribution in [3.05, 3.63) is 42.0 Å². The Morgan fingerprint density at radius 3 is 2.77 bits per heavy atom. The first-order chi connectivity index (χ1) is 6.16. The highest BCUT2D eigenvalue weighted by Crippen LogP contribution is 2.17. The number of anilines is 1. The van der Waals surface area contributed by atoms with E-state index in [1.165, 1.54) is 0 Å². The molecule has 1 aromatic carbocycles. The van der Waals surface area contributed by atoms with Crippen molar-refractivity contribution in [3.63, 3.8) is 0 Å². The number of hydrogen-bond acceptors (Lipinski definition) is 2. The van der Waals surface area contributed by atoms with Gasteiger partial charge in [-0.3, -0.25) is 4.79 Å². The molecule has 1 aromatic rings. The molecule has 13 heavy (non-hydrogen) atoms. The van der Waals surface area contributed by atoms with Crippen molar-refractivity contribution in [2.75, 3.05) is 5.73 Å². The fraction of sp³-hybridized carbons (Fsp3) is 0.100. The van der Waals surface area contributed by atoms with E-state index < -0.39 is 5.91 Å². The predicted molar refractivity (Wildman–Crippen MR) is 53.3 cm³/mol. The molecule has 0 radical (unpaired) electrons. The highest BCUT2D eigenvalue weighted by molar-refractivity contribution is 5.98. The molecule has 0 heterocycles. The van der Waals surface area contributed by atoms with Crippen LogP contribution in [0.2, 0.25) is 0 Å². The average molecular weight is 176 g/mol. The fourth-order valence-corrected chi connectivity index (χ4v) is 1.16. The van der Waals surface area contributed by atoms with E-state index in [2.05, 4.69) is 6.58 Å². The van der Waals surface area contributed by atoms with Gasteiger partial charge in [-0.25, -0.2) is 0 Å². The molecule has 3 heteroatoms. The number of nitrogens with two attached hydrogens (primary N) is 2. The van der Waals surface area contributed by atoms with Crippen LogP contribution in [-0.4, -0.2) is 5.91 Å². The summed E-state index contributed by atoms with van der Waals surface area (Å²) >= 11 is 0. The second kappa shape index (κ2) is 3.76. The van der Waals surface area contributed by atoms with Crippen LogP contribution in [0.25, 0.3) is 0 Å². The summed E-state index contributed by atoms with van der Waals surface area (Å²) in [5.74, 6) is -0.497. The number of carbonyl (C=O) groups excluding carboxylic acids is 1. The van der Waals surface area contributed by atoms with Crippen LogP contribution in [0.15, 0.2) is 30.9 Å². The van der Waals surface area contributed by atoms with Crippen molar-refractivity contribution in [3.8, 4) is 0 Å². The van der Waals surface area contributed by atoms with Gasteiger partial charge >= 0.3 is 0 Å². The van der Waals surface area contributed by atoms with E-state index in [1.807, 2.05) is 6.07 Å². The Balaban J connectivity index is 3.17. The quantitative estimate of drug-likeness (QED) is 0.534. The van der Waals surface area contributed by atoms with Crippen LogP contribution in [0.3, 0.4) is 0 Å². The van der Waals surface area contributed by atoms with E-state index in [4.69, 9.17) is 11.5 Å². The van der Waals surface area contributed by atoms with E-state index in [1.54, 1.807) is 18.2 Å². The van der Waals surface area contributed by atoms with Crippen LogP contribution in [0.5, 0.6) is 0 Å². The van der Waals surface area contributed by atoms with Gasteiger partial charge in [0.1, 0.15) is 0 Å². The van der Waals surface area contributed by atoms with Gasteiger partial charge in [0.2, 0.25) is 0 Å². The summed E-state index contributed by atoms with van der Waals surface area (Å²) < 4.78 is 0. The largest absolute Gasteiger partial charge is 0.398 e. The van der Waals surface area contributed by atoms with Gasteiger partial charge in [-0.15, -0.1) is 6.58 Å². The number of nitrogen functional groups attached to an aromatic ring is 1. The minimum Gasteiger partial charge on any atom is -0.398 e. The molecule has 0 aliphatic heterocycles. The molecule has 0 aliphatic rings. The topological polar surface area (TPSA) is 69.1 Å². The first kappa shape index (κ1) is 9.32. The number of allylic oxidation sites excluding steroid dienone is 1. The van der Waals surface area contributed by atoms with Crippen LogP contribution in [0, 0.1) is 0 Å². The van der Waals surface area contributed by atoms with Crippen molar-refractivity contribution < 1.29 is 4.79 Å². The zero-order valence-corrected chi connectivity index (χ0v) is 7.29. The average Bonchev–Trinajstić information content (AvgIpc) is 2.08. The summed E-state index contributed by atoms with van der Waals surface area (Å²) in [6.45, 7) is 3.60. The van der Waals surface area contributed by atoms with Gasteiger partial charge in [0.25, 0.3) is 5.91 Å². The lowest BCUT2D eigenvalue weighted by Gasteiger charge is -2.06. The summed E-state index contributed by atoms with van der Waals surface area (Å²) in [4.78, 5) is 10.9. The van der Waals surface area contributed by atoms with Gasteiger partial charge in [0.05, 0.1) is 5.56 Å². The van der Waals surface area contributed by atoms with E-state index in [9.17, 15) is 4.79 Å². The van der Waals surface area contributed by atoms with E-state index in [-0.39, 0.29) is 0 Å². The molecule has 0 fully saturated rings. The lowest BCUT2D eigenvalue weighted by atomic mass is 10.0. The minimum atomic E-state index is -0.497. The predicted octanol–water partition coefficient (Wildman–Crippen LogP) is 1.10. The van der Waals surface area contributed by atoms with Crippen molar-refractivity contribution in [1.29, 1.82) is 0 Å². The lowest BCUT2D eigenvalue weighted by Crippen LogP contribution is -2.14. The van der Waals surface area contributed by atoms with Crippen molar-refractivity contribution in [2.24, 2.45) is 5.73 Å². The number of hydrogen-bond donors (Lipinski definition) is 2. The summed E-state index contributed by atoms with van der Waals surface area (Å²) in [5, 5.41) is 0. The third-order valence-corrected chi connectivity index (χ3v) is 1.83. The third kappa shape index (κ3) is 1.87. The summed E-state index contributed by atoms with van der Waals surface area (Å²) in [6, 6.07) is 5.23. The molecule has 0 bridgehead atoms. The maximum atomic E-state index is 10.9. The molecule has 3 nitrogen and oxygen atoms in total. The van der Waals surface area contributed by atoms with Crippen LogP contribution >= 0.6 is 0 Å². The smallest absolute Gasteiger partial charge is 0.250 e. The molecular weight excluding hydrogens is 164 g/mol. The Kier molecular flexibility index (Phi) is 2.69. The van der Waals surface area contributed by atoms with Crippen LogP contribution in [0.4, 0.5) is 5.69 Å². The molecule has 0 saturated heterocycles. The van der Waals surface area contributed by atoms with Gasteiger partial charge in [-0.05, 0) is 18.1 Å². The van der Waals surface area contributed by atoms with Crippen LogP contribution in [0.1, 0.15) is 15.9 Å². The van der Waals surface area contributed by atoms with Gasteiger partial charge < -0.3 is 11.5 Å². The highest BCUT2D eigenvalue weighted by Gasteiger charge is 2.07. The molecule has 0 aliphatic carbocycles. The SMILES string of the molecule is C=CCc1cccc(C(N)=O)c1N. The van der Waals surface area contributed by atoms with Gasteiger partial charge in [-0.1, -0.05) is 18.2 Å². The highest BCUT2D eigenvalue weighted by atomic mass is 16.1. The maximum absolute atomic E-state index is 10.9. The van der Waals surface area contributed by atoms with Gasteiger partial charge in [0, 0.05) is 5.69 Å². The molecule has 0 unspecified atom stereocenters. The van der Waals surface area contributed by atoms with Crippen molar-refractivity contribution >= 4 is 11.6 Å². The van der Waals surface area contributed by atoms with Crippen LogP contribution in [-0.2, 0) is 6.42 Å². The number of carbonyl (C=O) groups is 1. The molecule has 0 atom stereocenters. The standard InChI is InChI=1S/C10H12N2O/c1-2-4-7-5-3-6-8(9(7)11)10(12)13/h2-3,5-6H,1,4,11H2,(H2,12,13). The number of benzene rings is 1. The van der Waals surface area contributed by atoms with E-state index in [0.29, 0.717) is 17.7 Å². The Morgan fingerprint density at radius 2 is 2.23 bits per heavy atom. The monoisotopic (exact) mass is 176 g/mol. The molecule has 1 rings (SSSR count). The first-order valence-electron chi connectivity index (χ1n) is 3.95. The second-order valence-electron chi connectivity index (χ2n) is 2.74. The zero-order chi connectivity index (χ0) is 9.84. The lowest BCUT2D eigenvalue weighted by molar-refractivity contribution is 0.100. The second-order valence-corrected chi connectivity index (χ2v) is 2.74. The van der Waals surface area contributed by atoms with E-state index >= 15 is 0 Å². The van der Waals surface area contributed by atoms with Crippen molar-refractivity contribution in [1.82, 2.24) is 0 Å². The summed E-state index contributed by atoms with van der Waals surface area (Å²) in [5.41, 5.74) is 12.6. The Bertz CT molecular complexity index is 345. The van der Waals surface area contributed by atoms with Gasteiger partial charge in [-0.2, -0.15) is 0 Å². The molecule has 0 spiro atoms. The Labute approximate surface area is 77.0 Å². The number of rotatable bonds is 3. The number of para-hydroxylation sites is 1. The number of amides is 1. The first-order valence-corrected chi connectivity index (χ1v) is 3.95. The number of primary amides is 1. The zero-order valence-electron chi connectivity index (χ0n) is 7.29. The molecular formula is C10H12N2O. The summed E-state index contributed by atoms with van der Waals surface area (Å²) in [6.07, 6.45) is 2.38. The third-order valence-electron chi connectivity index (χ3n) is 1.83. The Morgan fingerprint density at radius 1 is 1.54 bits per heavy atom.